The van der Waals surface area contributed by atoms with Crippen LogP contribution in [0.1, 0.15) is 39.7 Å². The molecule has 0 radical (unpaired) electrons. The van der Waals surface area contributed by atoms with Crippen LogP contribution in [0.5, 0.6) is 0 Å². The van der Waals surface area contributed by atoms with Crippen LogP contribution in [0, 0.1) is 11.3 Å². The zero-order chi connectivity index (χ0) is 14.6. The lowest BCUT2D eigenvalue weighted by atomic mass is 9.84. The molecule has 20 heavy (non-hydrogen) atoms. The Balaban J connectivity index is 1.82. The summed E-state index contributed by atoms with van der Waals surface area (Å²) in [5.41, 5.74) is 3.03. The van der Waals surface area contributed by atoms with E-state index in [0.29, 0.717) is 5.41 Å². The molecule has 2 N–H and O–H groups in total. The van der Waals surface area contributed by atoms with Gasteiger partial charge in [-0.25, -0.2) is 0 Å². The molecule has 0 aliphatic rings. The summed E-state index contributed by atoms with van der Waals surface area (Å²) in [5.74, 6) is 0.764. The van der Waals surface area contributed by atoms with E-state index >= 15 is 0 Å². The third kappa shape index (κ3) is 4.11. The fraction of sp³-hybridized carbons (Fsp3) is 0.556. The van der Waals surface area contributed by atoms with Crippen molar-refractivity contribution in [1.29, 1.82) is 0 Å². The van der Waals surface area contributed by atoms with E-state index in [1.165, 1.54) is 22.9 Å². The number of hydrogen-bond donors (Lipinski definition) is 2. The van der Waals surface area contributed by atoms with E-state index in [0.717, 1.165) is 25.4 Å². The fourth-order valence-electron chi connectivity index (χ4n) is 3.17. The topological polar surface area (TPSA) is 27.8 Å². The Morgan fingerprint density at radius 2 is 1.95 bits per heavy atom. The van der Waals surface area contributed by atoms with Gasteiger partial charge in [0.15, 0.2) is 0 Å². The van der Waals surface area contributed by atoms with E-state index in [1.807, 2.05) is 0 Å². The zero-order valence-electron chi connectivity index (χ0n) is 13.3. The van der Waals surface area contributed by atoms with Crippen molar-refractivity contribution in [3.05, 3.63) is 36.0 Å². The summed E-state index contributed by atoms with van der Waals surface area (Å²) in [4.78, 5) is 3.34. The third-order valence-electron chi connectivity index (χ3n) is 3.81. The first-order valence-electron chi connectivity index (χ1n) is 7.74. The first-order chi connectivity index (χ1) is 9.48. The van der Waals surface area contributed by atoms with Crippen LogP contribution < -0.4 is 5.32 Å². The fourth-order valence-corrected chi connectivity index (χ4v) is 3.17. The maximum atomic E-state index is 3.62. The maximum absolute atomic E-state index is 3.62. The first kappa shape index (κ1) is 15.1. The van der Waals surface area contributed by atoms with Crippen molar-refractivity contribution in [2.24, 2.45) is 11.3 Å². The normalized spacial score (nSPS) is 12.4. The number of nitrogens with one attached hydrogen (secondary N) is 2. The van der Waals surface area contributed by atoms with E-state index in [9.17, 15) is 0 Å². The third-order valence-corrected chi connectivity index (χ3v) is 3.81. The lowest BCUT2D eigenvalue weighted by Crippen LogP contribution is -2.31. The molecule has 110 valence electrons. The molecule has 0 aliphatic heterocycles. The van der Waals surface area contributed by atoms with Gasteiger partial charge in [-0.1, -0.05) is 45.9 Å². The first-order valence-corrected chi connectivity index (χ1v) is 7.74. The molecule has 0 atom stereocenters. The van der Waals surface area contributed by atoms with Gasteiger partial charge < -0.3 is 10.3 Å². The molecule has 2 heteroatoms. The summed E-state index contributed by atoms with van der Waals surface area (Å²) in [6.45, 7) is 11.4. The molecule has 0 saturated heterocycles. The van der Waals surface area contributed by atoms with Crippen LogP contribution in [0.4, 0.5) is 0 Å². The average Bonchev–Trinajstić information content (AvgIpc) is 2.76. The lowest BCUT2D eigenvalue weighted by molar-refractivity contribution is 0.274. The highest BCUT2D eigenvalue weighted by molar-refractivity contribution is 5.83. The van der Waals surface area contributed by atoms with Gasteiger partial charge in [-0.3, -0.25) is 0 Å². The van der Waals surface area contributed by atoms with E-state index in [1.54, 1.807) is 0 Å². The molecule has 0 bridgehead atoms. The van der Waals surface area contributed by atoms with Crippen molar-refractivity contribution in [1.82, 2.24) is 10.3 Å². The second-order valence-corrected chi connectivity index (χ2v) is 7.05. The number of para-hydroxylation sites is 1. The number of H-pyrrole nitrogens is 1. The molecule has 1 aromatic carbocycles. The Labute approximate surface area is 123 Å². The quantitative estimate of drug-likeness (QED) is 0.720. The van der Waals surface area contributed by atoms with Crippen LogP contribution in [0.2, 0.25) is 0 Å². The van der Waals surface area contributed by atoms with Gasteiger partial charge >= 0.3 is 0 Å². The van der Waals surface area contributed by atoms with E-state index in [4.69, 9.17) is 0 Å². The van der Waals surface area contributed by atoms with Gasteiger partial charge in [-0.2, -0.15) is 0 Å². The van der Waals surface area contributed by atoms with Crippen LogP contribution in [-0.4, -0.2) is 18.1 Å². The molecule has 0 spiro atoms. The standard InChI is InChI=1S/C18H28N2/c1-14(2)11-18(3,4)13-19-10-9-15-12-20-17-8-6-5-7-16(15)17/h5-8,12,14,19-20H,9-11,13H2,1-4H3. The average molecular weight is 272 g/mol. The summed E-state index contributed by atoms with van der Waals surface area (Å²) < 4.78 is 0. The van der Waals surface area contributed by atoms with Crippen molar-refractivity contribution in [3.8, 4) is 0 Å². The van der Waals surface area contributed by atoms with Crippen molar-refractivity contribution >= 4 is 10.9 Å². The summed E-state index contributed by atoms with van der Waals surface area (Å²) in [6.07, 6.45) is 4.50. The molecule has 2 nitrogen and oxygen atoms in total. The summed E-state index contributed by atoms with van der Waals surface area (Å²) in [6, 6.07) is 8.52. The van der Waals surface area contributed by atoms with Crippen molar-refractivity contribution < 1.29 is 0 Å². The Hall–Kier alpha value is -1.28. The molecular weight excluding hydrogens is 244 g/mol. The van der Waals surface area contributed by atoms with Gasteiger partial charge in [0.2, 0.25) is 0 Å². The van der Waals surface area contributed by atoms with Crippen LogP contribution >= 0.6 is 0 Å². The van der Waals surface area contributed by atoms with Crippen molar-refractivity contribution in [2.75, 3.05) is 13.1 Å². The van der Waals surface area contributed by atoms with Crippen LogP contribution in [0.25, 0.3) is 10.9 Å². The molecular formula is C18H28N2. The largest absolute Gasteiger partial charge is 0.361 e. The summed E-state index contributed by atoms with van der Waals surface area (Å²) in [7, 11) is 0. The number of aromatic nitrogens is 1. The van der Waals surface area contributed by atoms with Crippen molar-refractivity contribution in [3.63, 3.8) is 0 Å². The number of rotatable bonds is 7. The Morgan fingerprint density at radius 3 is 2.70 bits per heavy atom. The molecule has 0 fully saturated rings. The lowest BCUT2D eigenvalue weighted by Gasteiger charge is -2.27. The number of aromatic amines is 1. The smallest absolute Gasteiger partial charge is 0.0456 e. The second-order valence-electron chi connectivity index (χ2n) is 7.05. The van der Waals surface area contributed by atoms with E-state index in [-0.39, 0.29) is 0 Å². The number of benzene rings is 1. The molecule has 2 aromatic rings. The molecule has 0 aliphatic carbocycles. The Morgan fingerprint density at radius 1 is 1.20 bits per heavy atom. The van der Waals surface area contributed by atoms with Gasteiger partial charge in [0.25, 0.3) is 0 Å². The summed E-state index contributed by atoms with van der Waals surface area (Å²) >= 11 is 0. The van der Waals surface area contributed by atoms with Crippen molar-refractivity contribution in [2.45, 2.75) is 40.5 Å². The van der Waals surface area contributed by atoms with Gasteiger partial charge in [-0.05, 0) is 42.3 Å². The minimum atomic E-state index is 0.383. The van der Waals surface area contributed by atoms with Crippen LogP contribution in [0.3, 0.4) is 0 Å². The number of hydrogen-bond acceptors (Lipinski definition) is 1. The zero-order valence-corrected chi connectivity index (χ0v) is 13.3. The van der Waals surface area contributed by atoms with Crippen LogP contribution in [0.15, 0.2) is 30.5 Å². The molecule has 0 amide bonds. The maximum Gasteiger partial charge on any atom is 0.0456 e. The number of fused-ring (bicyclic) bond motifs is 1. The molecule has 0 unspecified atom stereocenters. The second kappa shape index (κ2) is 6.45. The van der Waals surface area contributed by atoms with Crippen LogP contribution in [-0.2, 0) is 6.42 Å². The predicted octanol–water partition coefficient (Wildman–Crippen LogP) is 4.37. The van der Waals surface area contributed by atoms with E-state index in [2.05, 4.69) is 68.5 Å². The molecule has 0 saturated carbocycles. The molecule has 1 heterocycles. The Kier molecular flexibility index (Phi) is 4.87. The molecule has 1 aromatic heterocycles. The highest BCUT2D eigenvalue weighted by Crippen LogP contribution is 2.24. The predicted molar refractivity (Wildman–Crippen MR) is 88.1 cm³/mol. The summed E-state index contributed by atoms with van der Waals surface area (Å²) in [5, 5.41) is 4.98. The van der Waals surface area contributed by atoms with Gasteiger partial charge in [0.1, 0.15) is 0 Å². The Bertz CT molecular complexity index is 537. The van der Waals surface area contributed by atoms with Gasteiger partial charge in [-0.15, -0.1) is 0 Å². The SMILES string of the molecule is CC(C)CC(C)(C)CNCCc1c[nH]c2ccccc12. The van der Waals surface area contributed by atoms with E-state index < -0.39 is 0 Å². The minimum absolute atomic E-state index is 0.383. The monoisotopic (exact) mass is 272 g/mol. The van der Waals surface area contributed by atoms with Gasteiger partial charge in [0, 0.05) is 23.6 Å². The highest BCUT2D eigenvalue weighted by atomic mass is 14.9. The van der Waals surface area contributed by atoms with Gasteiger partial charge in [0.05, 0.1) is 0 Å². The molecule has 2 rings (SSSR count). The minimum Gasteiger partial charge on any atom is -0.361 e. The highest BCUT2D eigenvalue weighted by Gasteiger charge is 2.18.